The van der Waals surface area contributed by atoms with Crippen LogP contribution in [0.15, 0.2) is 41.3 Å². The standard InChI is InChI=1S/C19H17Cl2N3OSe/c20-13-6-7-16(14(21)11-13)24-17(18-5-4-10-26-18)12-15(22-24)19(25)23-8-2-1-3-9-23/h4-7,10-12H,1-3,8-9H2. The minimum atomic E-state index is -0.00570. The van der Waals surface area contributed by atoms with Gasteiger partial charge in [0.1, 0.15) is 0 Å². The van der Waals surface area contributed by atoms with Crippen LogP contribution in [0.3, 0.4) is 0 Å². The second-order valence-corrected chi connectivity index (χ2v) is 9.08. The molecule has 0 unspecified atom stereocenters. The molecule has 134 valence electrons. The third-order valence-electron chi connectivity index (χ3n) is 4.48. The number of nitrogens with zero attached hydrogens (tertiary/aromatic N) is 3. The molecular formula is C19H17Cl2N3OSe. The van der Waals surface area contributed by atoms with Gasteiger partial charge in [-0.25, -0.2) is 0 Å². The second-order valence-electron chi connectivity index (χ2n) is 6.25. The van der Waals surface area contributed by atoms with E-state index in [4.69, 9.17) is 23.2 Å². The average molecular weight is 453 g/mol. The molecule has 0 spiro atoms. The molecule has 1 aliphatic heterocycles. The van der Waals surface area contributed by atoms with Crippen molar-refractivity contribution >= 4 is 43.6 Å². The number of halogens is 2. The monoisotopic (exact) mass is 453 g/mol. The number of hydrogen-bond donors (Lipinski definition) is 0. The van der Waals surface area contributed by atoms with E-state index in [-0.39, 0.29) is 20.4 Å². The summed E-state index contributed by atoms with van der Waals surface area (Å²) in [7, 11) is 0. The van der Waals surface area contributed by atoms with E-state index in [1.807, 2.05) is 23.1 Å². The molecule has 3 heterocycles. The number of likely N-dealkylation sites (tertiary alicyclic amines) is 1. The first-order chi connectivity index (χ1) is 12.6. The number of aromatic nitrogens is 2. The maximum atomic E-state index is 12.9. The first-order valence-corrected chi connectivity index (χ1v) is 11.1. The van der Waals surface area contributed by atoms with Crippen molar-refractivity contribution in [1.29, 1.82) is 0 Å². The summed E-state index contributed by atoms with van der Waals surface area (Å²) in [5, 5.41) is 5.71. The number of carbonyl (C=O) groups excluding carboxylic acids is 1. The number of piperidine rings is 1. The van der Waals surface area contributed by atoms with Gasteiger partial charge in [-0.2, -0.15) is 0 Å². The Morgan fingerprint density at radius 2 is 1.88 bits per heavy atom. The van der Waals surface area contributed by atoms with Gasteiger partial charge in [0.25, 0.3) is 0 Å². The van der Waals surface area contributed by atoms with Crippen LogP contribution in [0.1, 0.15) is 29.8 Å². The van der Waals surface area contributed by atoms with Gasteiger partial charge in [0.2, 0.25) is 0 Å². The Hall–Kier alpha value is -1.52. The molecule has 0 bridgehead atoms. The van der Waals surface area contributed by atoms with Crippen LogP contribution in [-0.4, -0.2) is 48.2 Å². The Morgan fingerprint density at radius 3 is 2.58 bits per heavy atom. The van der Waals surface area contributed by atoms with Crippen LogP contribution in [-0.2, 0) is 0 Å². The maximum absolute atomic E-state index is 12.9. The van der Waals surface area contributed by atoms with Crippen LogP contribution >= 0.6 is 23.2 Å². The Balaban J connectivity index is 1.79. The van der Waals surface area contributed by atoms with Gasteiger partial charge in [-0.1, -0.05) is 0 Å². The van der Waals surface area contributed by atoms with Crippen LogP contribution in [0, 0.1) is 0 Å². The zero-order valence-corrected chi connectivity index (χ0v) is 17.2. The SMILES string of the molecule is O=C(c1cc(-c2ccc[se]2)n(-c2ccc(Cl)cc2Cl)n1)N1CCCCC1. The van der Waals surface area contributed by atoms with E-state index in [0.717, 1.165) is 37.3 Å². The molecule has 0 N–H and O–H groups in total. The van der Waals surface area contributed by atoms with E-state index in [2.05, 4.69) is 16.1 Å². The van der Waals surface area contributed by atoms with Crippen molar-refractivity contribution in [2.75, 3.05) is 13.1 Å². The third kappa shape index (κ3) is 3.49. The molecule has 4 rings (SSSR count). The minimum absolute atomic E-state index is 0.00570. The molecule has 1 saturated heterocycles. The molecule has 1 aromatic carbocycles. The number of carbonyl (C=O) groups is 1. The Labute approximate surface area is 168 Å². The summed E-state index contributed by atoms with van der Waals surface area (Å²) in [6.07, 6.45) is 3.30. The van der Waals surface area contributed by atoms with Gasteiger partial charge in [0.15, 0.2) is 0 Å². The van der Waals surface area contributed by atoms with Gasteiger partial charge in [-0.05, 0) is 0 Å². The summed E-state index contributed by atoms with van der Waals surface area (Å²) in [6, 6.07) is 11.3. The van der Waals surface area contributed by atoms with E-state index < -0.39 is 0 Å². The second kappa shape index (κ2) is 7.61. The summed E-state index contributed by atoms with van der Waals surface area (Å²) in [6.45, 7) is 1.60. The average Bonchev–Trinajstić information content (AvgIpc) is 3.31. The fourth-order valence-corrected chi connectivity index (χ4v) is 5.19. The van der Waals surface area contributed by atoms with E-state index in [9.17, 15) is 4.79 Å². The fourth-order valence-electron chi connectivity index (χ4n) is 3.18. The van der Waals surface area contributed by atoms with Crippen molar-refractivity contribution in [2.24, 2.45) is 0 Å². The van der Waals surface area contributed by atoms with Crippen molar-refractivity contribution in [3.05, 3.63) is 57.1 Å². The van der Waals surface area contributed by atoms with Crippen molar-refractivity contribution in [1.82, 2.24) is 14.7 Å². The van der Waals surface area contributed by atoms with Crippen LogP contribution < -0.4 is 0 Å². The Morgan fingerprint density at radius 1 is 1.08 bits per heavy atom. The molecule has 2 aromatic heterocycles. The van der Waals surface area contributed by atoms with Gasteiger partial charge in [-0.15, -0.1) is 0 Å². The van der Waals surface area contributed by atoms with Gasteiger partial charge < -0.3 is 0 Å². The third-order valence-corrected chi connectivity index (χ3v) is 6.89. The first kappa shape index (κ1) is 17.9. The number of rotatable bonds is 3. The van der Waals surface area contributed by atoms with Gasteiger partial charge in [0.05, 0.1) is 0 Å². The molecule has 7 heteroatoms. The van der Waals surface area contributed by atoms with Crippen molar-refractivity contribution < 1.29 is 4.79 Å². The molecular weight excluding hydrogens is 436 g/mol. The summed E-state index contributed by atoms with van der Waals surface area (Å²) >= 11 is 12.7. The number of amides is 1. The van der Waals surface area contributed by atoms with Crippen LogP contribution in [0.25, 0.3) is 15.8 Å². The zero-order valence-electron chi connectivity index (χ0n) is 14.0. The normalized spacial score (nSPS) is 14.6. The van der Waals surface area contributed by atoms with Crippen LogP contribution in [0.5, 0.6) is 0 Å². The van der Waals surface area contributed by atoms with Crippen molar-refractivity contribution in [3.8, 4) is 15.8 Å². The molecule has 26 heavy (non-hydrogen) atoms. The molecule has 3 aromatic rings. The van der Waals surface area contributed by atoms with Gasteiger partial charge in [-0.3, -0.25) is 0 Å². The summed E-state index contributed by atoms with van der Waals surface area (Å²) in [5.74, 6) is -0.00570. The van der Waals surface area contributed by atoms with Gasteiger partial charge >= 0.3 is 168 Å². The first-order valence-electron chi connectivity index (χ1n) is 8.52. The predicted molar refractivity (Wildman–Crippen MR) is 106 cm³/mol. The number of hydrogen-bond acceptors (Lipinski definition) is 2. The zero-order chi connectivity index (χ0) is 18.1. The van der Waals surface area contributed by atoms with Gasteiger partial charge in [0, 0.05) is 0 Å². The Kier molecular flexibility index (Phi) is 5.23. The molecule has 0 aliphatic carbocycles. The molecule has 4 nitrogen and oxygen atoms in total. The summed E-state index contributed by atoms with van der Waals surface area (Å²) in [5.41, 5.74) is 2.11. The fraction of sp³-hybridized carbons (Fsp3) is 0.263. The van der Waals surface area contributed by atoms with E-state index in [1.54, 1.807) is 16.8 Å². The van der Waals surface area contributed by atoms with Crippen LogP contribution in [0.2, 0.25) is 10.0 Å². The van der Waals surface area contributed by atoms with E-state index in [0.29, 0.717) is 15.7 Å². The predicted octanol–water partition coefficient (Wildman–Crippen LogP) is 4.53. The Bertz CT molecular complexity index is 930. The van der Waals surface area contributed by atoms with E-state index in [1.165, 1.54) is 10.9 Å². The molecule has 1 aliphatic rings. The van der Waals surface area contributed by atoms with E-state index >= 15 is 0 Å². The topological polar surface area (TPSA) is 38.1 Å². The summed E-state index contributed by atoms with van der Waals surface area (Å²) in [4.78, 5) is 17.0. The molecule has 1 amide bonds. The molecule has 0 atom stereocenters. The molecule has 0 saturated carbocycles. The van der Waals surface area contributed by atoms with Crippen molar-refractivity contribution in [2.45, 2.75) is 19.3 Å². The quantitative estimate of drug-likeness (QED) is 0.547. The molecule has 1 fully saturated rings. The summed E-state index contributed by atoms with van der Waals surface area (Å²) < 4.78 is 2.95. The van der Waals surface area contributed by atoms with Crippen LogP contribution in [0.4, 0.5) is 0 Å². The van der Waals surface area contributed by atoms with Crippen molar-refractivity contribution in [3.63, 3.8) is 0 Å². The molecule has 0 radical (unpaired) electrons. The number of benzene rings is 1.